The molecule has 0 atom stereocenters. The molecular weight excluding hydrogens is 981 g/mol. The van der Waals surface area contributed by atoms with E-state index in [1.54, 1.807) is 54.7 Å². The first-order valence-corrected chi connectivity index (χ1v) is 22.2. The summed E-state index contributed by atoms with van der Waals surface area (Å²) in [7, 11) is 0. The van der Waals surface area contributed by atoms with E-state index in [1.807, 2.05) is 106 Å². The Kier molecular flexibility index (Phi) is 9.90. The van der Waals surface area contributed by atoms with E-state index in [2.05, 4.69) is 35.9 Å². The Hall–Kier alpha value is -5.93. The number of benzene rings is 6. The molecule has 0 aliphatic heterocycles. The van der Waals surface area contributed by atoms with Crippen LogP contribution in [-0.4, -0.2) is 9.97 Å². The van der Waals surface area contributed by atoms with Crippen LogP contribution in [0.2, 0.25) is 0 Å². The van der Waals surface area contributed by atoms with Gasteiger partial charge in [0.25, 0.3) is 0 Å². The molecule has 1 aliphatic carbocycles. The minimum atomic E-state index is -2.56. The maximum atomic E-state index is 9.30. The molecule has 0 saturated heterocycles. The van der Waals surface area contributed by atoms with Gasteiger partial charge in [0.1, 0.15) is 5.58 Å². The molecule has 0 N–H and O–H groups in total. The molecule has 3 aromatic heterocycles. The predicted molar refractivity (Wildman–Crippen MR) is 273 cm³/mol. The molecule has 0 unspecified atom stereocenters. The maximum absolute atomic E-state index is 9.30. The summed E-state index contributed by atoms with van der Waals surface area (Å²) in [6, 6.07) is 48.9. The summed E-state index contributed by atoms with van der Waals surface area (Å²) < 4.78 is 107. The van der Waals surface area contributed by atoms with Crippen molar-refractivity contribution < 1.29 is 41.0 Å². The van der Waals surface area contributed by atoms with Gasteiger partial charge < -0.3 is 14.4 Å². The molecule has 6 aromatic carbocycles. The number of hydrogen-bond donors (Lipinski definition) is 0. The molecule has 10 rings (SSSR count). The minimum absolute atomic E-state index is 0. The van der Waals surface area contributed by atoms with E-state index >= 15 is 0 Å². The van der Waals surface area contributed by atoms with Crippen molar-refractivity contribution in [1.82, 2.24) is 9.97 Å². The van der Waals surface area contributed by atoms with E-state index in [0.29, 0.717) is 57.6 Å². The number of fused-ring (bicyclic) bond motifs is 3. The van der Waals surface area contributed by atoms with Gasteiger partial charge in [0.05, 0.1) is 5.58 Å². The Labute approximate surface area is 423 Å². The first kappa shape index (κ1) is 33.5. The Morgan fingerprint density at radius 1 is 0.667 bits per heavy atom. The molecule has 3 heterocycles. The van der Waals surface area contributed by atoms with Crippen molar-refractivity contribution in [3.8, 4) is 55.9 Å². The zero-order valence-electron chi connectivity index (χ0n) is 49.9. The van der Waals surface area contributed by atoms with Crippen LogP contribution >= 0.6 is 0 Å². The van der Waals surface area contributed by atoms with E-state index < -0.39 is 38.2 Å². The monoisotopic (exact) mass is 1050 g/mol. The van der Waals surface area contributed by atoms with Gasteiger partial charge in [-0.3, -0.25) is 0 Å². The fourth-order valence-corrected chi connectivity index (χ4v) is 8.69. The predicted octanol–water partition coefficient (Wildman–Crippen LogP) is 17.2. The summed E-state index contributed by atoms with van der Waals surface area (Å²) in [5.74, 6) is -0.908. The zero-order chi connectivity index (χ0) is 55.5. The van der Waals surface area contributed by atoms with Gasteiger partial charge in [-0.25, -0.2) is 0 Å². The zero-order valence-corrected chi connectivity index (χ0v) is 40.3. The van der Waals surface area contributed by atoms with E-state index in [0.717, 1.165) is 45.9 Å². The van der Waals surface area contributed by atoms with Crippen LogP contribution in [0.4, 0.5) is 0 Å². The number of aryl methyl sites for hydroxylation is 3. The standard InChI is InChI=1S/C39H36NO.C23H24N.Ir/c1-25-22-29(27-18-20-39(3,4)21-19-27)16-17-30(25)35-23-36(40-24-26(35)2)34-15-9-14-33-32-13-8-12-31(37(32)41-38(33)34)28-10-6-5-7-11-28;1-17-10-12-20(14-21(17)19-8-6-5-7-9-19)22-13-11-18(16-24-22)15-23(2,3)4;/h5-14,16-17,22-24,27H,18-21H2,1-4H3;5-11,13-14,16H,15H2,1-4H3;/q2*-1;/i1D3,2D3,27D;1D3,15D2;. The van der Waals surface area contributed by atoms with Crippen LogP contribution < -0.4 is 0 Å². The second kappa shape index (κ2) is 19.5. The van der Waals surface area contributed by atoms with Crippen LogP contribution in [0.25, 0.3) is 77.8 Å². The maximum Gasteiger partial charge on any atom is 0.128 e. The quantitative estimate of drug-likeness (QED) is 0.149. The number of pyridine rings is 2. The van der Waals surface area contributed by atoms with E-state index in [9.17, 15) is 1.37 Å². The van der Waals surface area contributed by atoms with Gasteiger partial charge >= 0.3 is 0 Å². The van der Waals surface area contributed by atoms with Crippen LogP contribution in [0.1, 0.15) is 110 Å². The van der Waals surface area contributed by atoms with Gasteiger partial charge in [-0.05, 0) is 118 Å². The molecule has 0 spiro atoms. The number of hydrogen-bond acceptors (Lipinski definition) is 3. The topological polar surface area (TPSA) is 38.9 Å². The van der Waals surface area contributed by atoms with Gasteiger partial charge in [-0.1, -0.05) is 173 Å². The van der Waals surface area contributed by atoms with Crippen molar-refractivity contribution in [3.05, 3.63) is 192 Å². The molecule has 1 aliphatic rings. The number of rotatable bonds is 7. The van der Waals surface area contributed by atoms with Crippen molar-refractivity contribution in [2.45, 2.75) is 93.1 Å². The summed E-state index contributed by atoms with van der Waals surface area (Å²) in [6.45, 7) is 2.61. The van der Waals surface area contributed by atoms with Crippen molar-refractivity contribution in [2.24, 2.45) is 10.8 Å². The molecule has 1 saturated carbocycles. The summed E-state index contributed by atoms with van der Waals surface area (Å²) >= 11 is 0. The molecule has 335 valence electrons. The van der Waals surface area contributed by atoms with E-state index in [4.69, 9.17) is 19.5 Å². The van der Waals surface area contributed by atoms with Crippen LogP contribution in [0.3, 0.4) is 0 Å². The van der Waals surface area contributed by atoms with Gasteiger partial charge in [0.2, 0.25) is 0 Å². The smallest absolute Gasteiger partial charge is 0.128 e. The Morgan fingerprint density at radius 3 is 2.05 bits per heavy atom. The van der Waals surface area contributed by atoms with Crippen LogP contribution in [0.15, 0.2) is 156 Å². The van der Waals surface area contributed by atoms with Crippen LogP contribution in [0.5, 0.6) is 0 Å². The fourth-order valence-electron chi connectivity index (χ4n) is 8.69. The third-order valence-electron chi connectivity index (χ3n) is 12.2. The summed E-state index contributed by atoms with van der Waals surface area (Å²) in [5, 5.41) is 1.79. The summed E-state index contributed by atoms with van der Waals surface area (Å²) in [6.07, 6.45) is 4.33. The normalized spacial score (nSPS) is 17.8. The molecular formula is C62H60IrN2O-2. The number of aromatic nitrogens is 2. The molecule has 3 nitrogen and oxygen atoms in total. The number of nitrogens with zero attached hydrogens (tertiary/aromatic N) is 2. The largest absolute Gasteiger partial charge is 0.500 e. The average Bonchev–Trinajstić information content (AvgIpc) is 3.99. The third-order valence-corrected chi connectivity index (χ3v) is 12.2. The van der Waals surface area contributed by atoms with Gasteiger partial charge in [-0.2, -0.15) is 0 Å². The summed E-state index contributed by atoms with van der Waals surface area (Å²) in [5.41, 5.74) is 8.40. The van der Waals surface area contributed by atoms with Crippen molar-refractivity contribution in [1.29, 1.82) is 0 Å². The molecule has 1 fully saturated rings. The molecule has 0 amide bonds. The second-order valence-corrected chi connectivity index (χ2v) is 18.7. The van der Waals surface area contributed by atoms with Crippen molar-refractivity contribution in [2.75, 3.05) is 0 Å². The molecule has 9 aromatic rings. The molecule has 4 heteroatoms. The Balaban J connectivity index is 0.000000230. The molecule has 66 heavy (non-hydrogen) atoms. The first-order valence-electron chi connectivity index (χ1n) is 28.2. The van der Waals surface area contributed by atoms with Gasteiger partial charge in [0, 0.05) is 59.9 Å². The minimum Gasteiger partial charge on any atom is -0.500 e. The Bertz CT molecular complexity index is 3590. The first-order chi connectivity index (χ1) is 36.1. The van der Waals surface area contributed by atoms with Gasteiger partial charge in [-0.15, -0.1) is 47.5 Å². The van der Waals surface area contributed by atoms with Gasteiger partial charge in [0.15, 0.2) is 0 Å². The molecule has 0 bridgehead atoms. The van der Waals surface area contributed by atoms with Crippen LogP contribution in [-0.2, 0) is 26.5 Å². The number of para-hydroxylation sites is 1. The summed E-state index contributed by atoms with van der Waals surface area (Å²) in [4.78, 5) is 9.03. The molecule has 1 radical (unpaired) electrons. The third kappa shape index (κ3) is 10.2. The van der Waals surface area contributed by atoms with E-state index in [-0.39, 0.29) is 53.3 Å². The van der Waals surface area contributed by atoms with Crippen molar-refractivity contribution in [3.63, 3.8) is 0 Å². The van der Waals surface area contributed by atoms with Crippen LogP contribution in [0, 0.1) is 43.5 Å². The number of furan rings is 1. The fraction of sp³-hybridized carbons (Fsp3) is 0.258. The van der Waals surface area contributed by atoms with E-state index in [1.165, 1.54) is 12.3 Å². The average molecular weight is 1050 g/mol. The Morgan fingerprint density at radius 2 is 1.36 bits per heavy atom. The SMILES string of the molecule is [2H]C([2H])([2H])c1c[c-]c(-c2ccc(C([2H])([2H])C(C)(C)C)cn2)cc1-c1ccccc1.[2H]C([2H])([2H])c1cnc(-c2[c-]ccc3c2oc2c(-c4ccccc4)cccc23)cc1-c1ccc(C2([2H])CCC(C)(C)CC2)cc1C([2H])([2H])[2H].[Ir]. The second-order valence-electron chi connectivity index (χ2n) is 18.7. The van der Waals surface area contributed by atoms with Crippen molar-refractivity contribution >= 4 is 21.9 Å².